The third-order valence-corrected chi connectivity index (χ3v) is 6.44. The Labute approximate surface area is 178 Å². The highest BCUT2D eigenvalue weighted by Gasteiger charge is 2.41. The SMILES string of the molecule is COC(=O)C1=C(C)NC2=C(C(=O)C[C@@H](c3ccccc3)C2)[C@H]1c1ccccc1Br. The first-order valence-electron chi connectivity index (χ1n) is 9.63. The number of carbonyl (C=O) groups is 2. The van der Waals surface area contributed by atoms with Gasteiger partial charge in [0.25, 0.3) is 0 Å². The number of nitrogens with one attached hydrogen (secondary N) is 1. The van der Waals surface area contributed by atoms with Gasteiger partial charge in [0.15, 0.2) is 5.78 Å². The van der Waals surface area contributed by atoms with Gasteiger partial charge in [-0.1, -0.05) is 64.5 Å². The molecule has 2 aromatic carbocycles. The molecule has 0 saturated heterocycles. The van der Waals surface area contributed by atoms with Gasteiger partial charge >= 0.3 is 5.97 Å². The van der Waals surface area contributed by atoms with E-state index in [4.69, 9.17) is 4.74 Å². The highest BCUT2D eigenvalue weighted by Crippen LogP contribution is 2.47. The lowest BCUT2D eigenvalue weighted by molar-refractivity contribution is -0.136. The molecular weight excluding hydrogens is 430 g/mol. The maximum atomic E-state index is 13.4. The fourth-order valence-electron chi connectivity index (χ4n) is 4.40. The smallest absolute Gasteiger partial charge is 0.336 e. The van der Waals surface area contributed by atoms with Crippen LogP contribution in [0.5, 0.6) is 0 Å². The van der Waals surface area contributed by atoms with E-state index in [9.17, 15) is 9.59 Å². The van der Waals surface area contributed by atoms with Gasteiger partial charge in [0.05, 0.1) is 12.7 Å². The van der Waals surface area contributed by atoms with Crippen LogP contribution in [0, 0.1) is 0 Å². The highest BCUT2D eigenvalue weighted by molar-refractivity contribution is 9.10. The second kappa shape index (κ2) is 7.99. The fraction of sp³-hybridized carbons (Fsp3) is 0.250. The van der Waals surface area contributed by atoms with Gasteiger partial charge < -0.3 is 10.1 Å². The van der Waals surface area contributed by atoms with Gasteiger partial charge in [-0.2, -0.15) is 0 Å². The molecule has 5 heteroatoms. The van der Waals surface area contributed by atoms with Crippen LogP contribution in [0.4, 0.5) is 0 Å². The number of esters is 1. The van der Waals surface area contributed by atoms with Crippen molar-refractivity contribution in [1.29, 1.82) is 0 Å². The molecule has 1 N–H and O–H groups in total. The molecule has 0 spiro atoms. The lowest BCUT2D eigenvalue weighted by Gasteiger charge is -2.37. The molecule has 1 aliphatic heterocycles. The summed E-state index contributed by atoms with van der Waals surface area (Å²) in [4.78, 5) is 26.1. The van der Waals surface area contributed by atoms with Crippen molar-refractivity contribution in [3.8, 4) is 0 Å². The predicted molar refractivity (Wildman–Crippen MR) is 115 cm³/mol. The van der Waals surface area contributed by atoms with Crippen LogP contribution in [0.3, 0.4) is 0 Å². The molecule has 148 valence electrons. The highest BCUT2D eigenvalue weighted by atomic mass is 79.9. The molecule has 1 aliphatic carbocycles. The molecule has 1 heterocycles. The zero-order valence-electron chi connectivity index (χ0n) is 16.4. The largest absolute Gasteiger partial charge is 0.466 e. The van der Waals surface area contributed by atoms with Crippen LogP contribution in [-0.4, -0.2) is 18.9 Å². The Bertz CT molecular complexity index is 1040. The maximum Gasteiger partial charge on any atom is 0.336 e. The van der Waals surface area contributed by atoms with Crippen LogP contribution in [0.25, 0.3) is 0 Å². The molecule has 0 amide bonds. The lowest BCUT2D eigenvalue weighted by atomic mass is 9.72. The number of ether oxygens (including phenoxy) is 1. The molecule has 29 heavy (non-hydrogen) atoms. The summed E-state index contributed by atoms with van der Waals surface area (Å²) in [6.45, 7) is 1.87. The van der Waals surface area contributed by atoms with Crippen molar-refractivity contribution >= 4 is 27.7 Å². The Kier molecular flexibility index (Phi) is 5.41. The van der Waals surface area contributed by atoms with Crippen molar-refractivity contribution in [3.05, 3.63) is 92.7 Å². The van der Waals surface area contributed by atoms with Crippen LogP contribution >= 0.6 is 15.9 Å². The van der Waals surface area contributed by atoms with Crippen molar-refractivity contribution in [1.82, 2.24) is 5.32 Å². The van der Waals surface area contributed by atoms with Crippen LogP contribution in [-0.2, 0) is 14.3 Å². The minimum atomic E-state index is -0.446. The zero-order chi connectivity index (χ0) is 20.5. The number of allylic oxidation sites excluding steroid dienone is 3. The Hall–Kier alpha value is -2.66. The number of ketones is 1. The normalized spacial score (nSPS) is 21.6. The second-order valence-corrected chi connectivity index (χ2v) is 8.30. The number of methoxy groups -OCH3 is 1. The third kappa shape index (κ3) is 3.55. The van der Waals surface area contributed by atoms with E-state index in [1.54, 1.807) is 0 Å². The van der Waals surface area contributed by atoms with E-state index in [1.165, 1.54) is 7.11 Å². The Balaban J connectivity index is 1.84. The van der Waals surface area contributed by atoms with Crippen LogP contribution < -0.4 is 5.32 Å². The maximum absolute atomic E-state index is 13.4. The van der Waals surface area contributed by atoms with Crippen molar-refractivity contribution in [3.63, 3.8) is 0 Å². The van der Waals surface area contributed by atoms with Crippen molar-refractivity contribution in [2.45, 2.75) is 31.6 Å². The number of carbonyl (C=O) groups excluding carboxylic acids is 2. The quantitative estimate of drug-likeness (QED) is 0.668. The summed E-state index contributed by atoms with van der Waals surface area (Å²) in [5.74, 6) is -0.664. The van der Waals surface area contributed by atoms with E-state index in [0.29, 0.717) is 17.6 Å². The van der Waals surface area contributed by atoms with Gasteiger partial charge in [-0.05, 0) is 36.5 Å². The molecular formula is C24H22BrNO3. The lowest BCUT2D eigenvalue weighted by Crippen LogP contribution is -2.36. The average Bonchev–Trinajstić information content (AvgIpc) is 2.73. The molecule has 0 bridgehead atoms. The Morgan fingerprint density at radius 1 is 1.07 bits per heavy atom. The zero-order valence-corrected chi connectivity index (χ0v) is 18.0. The molecule has 0 fully saturated rings. The molecule has 0 aromatic heterocycles. The summed E-state index contributed by atoms with van der Waals surface area (Å²) in [6.07, 6.45) is 1.16. The van der Waals surface area contributed by atoms with Crippen molar-refractivity contribution in [2.75, 3.05) is 7.11 Å². The summed E-state index contributed by atoms with van der Waals surface area (Å²) in [5.41, 5.74) is 4.86. The van der Waals surface area contributed by atoms with Crippen molar-refractivity contribution in [2.24, 2.45) is 0 Å². The van der Waals surface area contributed by atoms with Crippen LogP contribution in [0.2, 0.25) is 0 Å². The molecule has 0 unspecified atom stereocenters. The van der Waals surface area contributed by atoms with Gasteiger partial charge in [0, 0.05) is 33.8 Å². The second-order valence-electron chi connectivity index (χ2n) is 7.44. The Morgan fingerprint density at radius 2 is 1.76 bits per heavy atom. The summed E-state index contributed by atoms with van der Waals surface area (Å²) in [7, 11) is 1.37. The van der Waals surface area contributed by atoms with Crippen LogP contribution in [0.1, 0.15) is 42.7 Å². The van der Waals surface area contributed by atoms with E-state index >= 15 is 0 Å². The molecule has 0 saturated carbocycles. The van der Waals surface area contributed by atoms with Crippen molar-refractivity contribution < 1.29 is 14.3 Å². The summed E-state index contributed by atoms with van der Waals surface area (Å²) in [6, 6.07) is 17.9. The number of halogens is 1. The first-order chi connectivity index (χ1) is 14.0. The molecule has 2 aromatic rings. The number of dihydropyridines is 1. The van der Waals surface area contributed by atoms with Gasteiger partial charge in [-0.15, -0.1) is 0 Å². The minimum Gasteiger partial charge on any atom is -0.466 e. The molecule has 2 aliphatic rings. The van der Waals surface area contributed by atoms with E-state index in [1.807, 2.05) is 49.4 Å². The van der Waals surface area contributed by atoms with Gasteiger partial charge in [-0.3, -0.25) is 4.79 Å². The average molecular weight is 452 g/mol. The molecule has 2 atom stereocenters. The summed E-state index contributed by atoms with van der Waals surface area (Å²) < 4.78 is 5.94. The topological polar surface area (TPSA) is 55.4 Å². The molecule has 0 radical (unpaired) electrons. The van der Waals surface area contributed by atoms with Crippen LogP contribution in [0.15, 0.2) is 81.6 Å². The van der Waals surface area contributed by atoms with E-state index in [2.05, 4.69) is 33.4 Å². The number of benzene rings is 2. The third-order valence-electron chi connectivity index (χ3n) is 5.72. The van der Waals surface area contributed by atoms with Gasteiger partial charge in [0.2, 0.25) is 0 Å². The first-order valence-corrected chi connectivity index (χ1v) is 10.4. The first kappa shape index (κ1) is 19.6. The Morgan fingerprint density at radius 3 is 2.45 bits per heavy atom. The number of hydrogen-bond acceptors (Lipinski definition) is 4. The number of hydrogen-bond donors (Lipinski definition) is 1. The molecule has 4 rings (SSSR count). The fourth-order valence-corrected chi connectivity index (χ4v) is 4.91. The van der Waals surface area contributed by atoms with E-state index in [-0.39, 0.29) is 11.7 Å². The van der Waals surface area contributed by atoms with Gasteiger partial charge in [0.1, 0.15) is 0 Å². The number of rotatable bonds is 3. The van der Waals surface area contributed by atoms with E-state index < -0.39 is 11.9 Å². The minimum absolute atomic E-state index is 0.0715. The summed E-state index contributed by atoms with van der Waals surface area (Å²) >= 11 is 3.61. The van der Waals surface area contributed by atoms with E-state index in [0.717, 1.165) is 33.4 Å². The standard InChI is InChI=1S/C24H22BrNO3/c1-14-21(24(28)29-2)22(17-10-6-7-11-18(17)25)23-19(26-14)12-16(13-20(23)27)15-8-4-3-5-9-15/h3-11,16,22,26H,12-13H2,1-2H3/t16-,22-/m0/s1. The summed E-state index contributed by atoms with van der Waals surface area (Å²) in [5, 5.41) is 3.36. The molecule has 4 nitrogen and oxygen atoms in total. The predicted octanol–water partition coefficient (Wildman–Crippen LogP) is 4.98. The van der Waals surface area contributed by atoms with Gasteiger partial charge in [-0.25, -0.2) is 4.79 Å². The number of Topliss-reactive ketones (excluding diaryl/α,β-unsaturated/α-hetero) is 1. The monoisotopic (exact) mass is 451 g/mol.